The maximum Gasteiger partial charge on any atom is 0.344 e. The molecule has 0 atom stereocenters. The highest BCUT2D eigenvalue weighted by molar-refractivity contribution is 5.96. The van der Waals surface area contributed by atoms with Crippen LogP contribution in [0.25, 0.3) is 0 Å². The maximum absolute atomic E-state index is 12.1. The quantitative estimate of drug-likeness (QED) is 0.780. The van der Waals surface area contributed by atoms with Crippen molar-refractivity contribution in [1.82, 2.24) is 14.8 Å². The Morgan fingerprint density at radius 3 is 2.79 bits per heavy atom. The first-order valence-corrected chi connectivity index (χ1v) is 7.61. The van der Waals surface area contributed by atoms with Crippen molar-refractivity contribution < 1.29 is 19.1 Å². The predicted molar refractivity (Wildman–Crippen MR) is 86.9 cm³/mol. The van der Waals surface area contributed by atoms with Crippen molar-refractivity contribution in [3.63, 3.8) is 0 Å². The number of aromatic nitrogens is 3. The van der Waals surface area contributed by atoms with Crippen LogP contribution >= 0.6 is 0 Å². The van der Waals surface area contributed by atoms with E-state index in [0.29, 0.717) is 12.4 Å². The van der Waals surface area contributed by atoms with Crippen LogP contribution in [0, 0.1) is 0 Å². The monoisotopic (exact) mass is 332 g/mol. The Kier molecular flexibility index (Phi) is 5.89. The first-order valence-electron chi connectivity index (χ1n) is 7.61. The lowest BCUT2D eigenvalue weighted by molar-refractivity contribution is -0.119. The van der Waals surface area contributed by atoms with Gasteiger partial charge in [-0.1, -0.05) is 0 Å². The van der Waals surface area contributed by atoms with E-state index in [9.17, 15) is 9.59 Å². The summed E-state index contributed by atoms with van der Waals surface area (Å²) in [4.78, 5) is 28.0. The van der Waals surface area contributed by atoms with Gasteiger partial charge in [0.15, 0.2) is 6.61 Å². The highest BCUT2D eigenvalue weighted by Gasteiger charge is 2.17. The van der Waals surface area contributed by atoms with Gasteiger partial charge in [0.25, 0.3) is 5.91 Å². The Bertz CT molecular complexity index is 712. The topological polar surface area (TPSA) is 95.3 Å². The summed E-state index contributed by atoms with van der Waals surface area (Å²) < 4.78 is 12.0. The number of hydrogen-bond donors (Lipinski definition) is 1. The van der Waals surface area contributed by atoms with Gasteiger partial charge in [0.2, 0.25) is 5.88 Å². The van der Waals surface area contributed by atoms with Crippen molar-refractivity contribution in [2.75, 3.05) is 18.5 Å². The van der Waals surface area contributed by atoms with Crippen LogP contribution < -0.4 is 10.1 Å². The van der Waals surface area contributed by atoms with Gasteiger partial charge in [-0.25, -0.2) is 14.5 Å². The second-order valence-corrected chi connectivity index (χ2v) is 5.17. The molecule has 0 saturated heterocycles. The molecule has 0 saturated carbocycles. The van der Waals surface area contributed by atoms with Crippen LogP contribution in [0.2, 0.25) is 0 Å². The van der Waals surface area contributed by atoms with Crippen LogP contribution in [-0.4, -0.2) is 39.9 Å². The molecule has 1 amide bonds. The summed E-state index contributed by atoms with van der Waals surface area (Å²) in [7, 11) is 0. The molecule has 2 rings (SSSR count). The van der Waals surface area contributed by atoms with Crippen molar-refractivity contribution in [2.24, 2.45) is 0 Å². The van der Waals surface area contributed by atoms with Gasteiger partial charge in [0.05, 0.1) is 12.8 Å². The van der Waals surface area contributed by atoms with Crippen LogP contribution in [0.3, 0.4) is 0 Å². The third-order valence-electron chi connectivity index (χ3n) is 3.03. The fourth-order valence-electron chi connectivity index (χ4n) is 2.01. The predicted octanol–water partition coefficient (Wildman–Crippen LogP) is 2.05. The zero-order valence-corrected chi connectivity index (χ0v) is 13.9. The van der Waals surface area contributed by atoms with Crippen LogP contribution in [0.1, 0.15) is 37.2 Å². The Labute approximate surface area is 139 Å². The second kappa shape index (κ2) is 8.09. The number of carbonyl (C=O) groups is 2. The number of ether oxygens (including phenoxy) is 2. The molecular formula is C16H20N4O4. The molecule has 2 aromatic rings. The van der Waals surface area contributed by atoms with E-state index in [1.54, 1.807) is 29.9 Å². The number of esters is 1. The number of carbonyl (C=O) groups excluding carboxylic acids is 2. The summed E-state index contributed by atoms with van der Waals surface area (Å²) in [6.07, 6.45) is 3.10. The molecule has 24 heavy (non-hydrogen) atoms. The standard InChI is InChI=1S/C16H20N4O4/c1-4-23-15-12(6-5-8-17-15)16(22)24-10-14(21)19-13-7-9-18-20(13)11(2)3/h5-9,11H,4,10H2,1-3H3,(H,19,21). The first kappa shape index (κ1) is 17.5. The number of rotatable bonds is 7. The lowest BCUT2D eigenvalue weighted by atomic mass is 10.3. The van der Waals surface area contributed by atoms with Crippen molar-refractivity contribution in [3.8, 4) is 5.88 Å². The van der Waals surface area contributed by atoms with E-state index in [1.807, 2.05) is 13.8 Å². The average Bonchev–Trinajstić information content (AvgIpc) is 3.02. The maximum atomic E-state index is 12.1. The van der Waals surface area contributed by atoms with E-state index in [4.69, 9.17) is 9.47 Å². The average molecular weight is 332 g/mol. The van der Waals surface area contributed by atoms with E-state index in [2.05, 4.69) is 15.4 Å². The van der Waals surface area contributed by atoms with Gasteiger partial charge in [-0.05, 0) is 32.9 Å². The van der Waals surface area contributed by atoms with Crippen molar-refractivity contribution in [1.29, 1.82) is 0 Å². The molecule has 0 aromatic carbocycles. The van der Waals surface area contributed by atoms with E-state index in [1.165, 1.54) is 12.3 Å². The molecule has 8 heteroatoms. The molecule has 0 aliphatic rings. The lowest BCUT2D eigenvalue weighted by Crippen LogP contribution is -2.23. The van der Waals surface area contributed by atoms with Gasteiger partial charge in [0, 0.05) is 18.3 Å². The molecule has 0 radical (unpaired) electrons. The van der Waals surface area contributed by atoms with Gasteiger partial charge in [-0.2, -0.15) is 5.10 Å². The lowest BCUT2D eigenvalue weighted by Gasteiger charge is -2.12. The Morgan fingerprint density at radius 2 is 2.08 bits per heavy atom. The summed E-state index contributed by atoms with van der Waals surface area (Å²) in [5, 5.41) is 6.77. The Balaban J connectivity index is 1.94. The van der Waals surface area contributed by atoms with Crippen molar-refractivity contribution >= 4 is 17.7 Å². The molecule has 0 spiro atoms. The van der Waals surface area contributed by atoms with Crippen molar-refractivity contribution in [2.45, 2.75) is 26.8 Å². The Morgan fingerprint density at radius 1 is 1.29 bits per heavy atom. The van der Waals surface area contributed by atoms with E-state index in [0.717, 1.165) is 0 Å². The summed E-state index contributed by atoms with van der Waals surface area (Å²) >= 11 is 0. The minimum absolute atomic E-state index is 0.0991. The molecule has 0 fully saturated rings. The molecule has 2 aromatic heterocycles. The van der Waals surface area contributed by atoms with Crippen molar-refractivity contribution in [3.05, 3.63) is 36.2 Å². The molecule has 0 aliphatic heterocycles. The molecule has 128 valence electrons. The number of nitrogens with zero attached hydrogens (tertiary/aromatic N) is 3. The van der Waals surface area contributed by atoms with E-state index < -0.39 is 18.5 Å². The fourth-order valence-corrected chi connectivity index (χ4v) is 2.01. The number of hydrogen-bond acceptors (Lipinski definition) is 6. The fraction of sp³-hybridized carbons (Fsp3) is 0.375. The minimum atomic E-state index is -0.668. The molecule has 0 bridgehead atoms. The third kappa shape index (κ3) is 4.31. The molecular weight excluding hydrogens is 312 g/mol. The molecule has 0 aliphatic carbocycles. The van der Waals surface area contributed by atoms with Gasteiger partial charge in [-0.15, -0.1) is 0 Å². The second-order valence-electron chi connectivity index (χ2n) is 5.17. The molecule has 0 unspecified atom stereocenters. The molecule has 2 heterocycles. The summed E-state index contributed by atoms with van der Waals surface area (Å²) in [6, 6.07) is 4.91. The molecule has 1 N–H and O–H groups in total. The largest absolute Gasteiger partial charge is 0.477 e. The smallest absolute Gasteiger partial charge is 0.344 e. The van der Waals surface area contributed by atoms with E-state index in [-0.39, 0.29) is 17.5 Å². The van der Waals surface area contributed by atoms with Crippen LogP contribution in [-0.2, 0) is 9.53 Å². The number of anilines is 1. The van der Waals surface area contributed by atoms with Crippen LogP contribution in [0.15, 0.2) is 30.6 Å². The summed E-state index contributed by atoms with van der Waals surface area (Å²) in [6.45, 7) is 5.63. The summed E-state index contributed by atoms with van der Waals surface area (Å²) in [5.74, 6) is -0.391. The van der Waals surface area contributed by atoms with Gasteiger partial charge < -0.3 is 14.8 Å². The van der Waals surface area contributed by atoms with Crippen LogP contribution in [0.5, 0.6) is 5.88 Å². The Hall–Kier alpha value is -2.90. The first-order chi connectivity index (χ1) is 11.5. The number of nitrogens with one attached hydrogen (secondary N) is 1. The highest BCUT2D eigenvalue weighted by atomic mass is 16.5. The van der Waals surface area contributed by atoms with E-state index >= 15 is 0 Å². The number of amides is 1. The minimum Gasteiger partial charge on any atom is -0.477 e. The zero-order valence-electron chi connectivity index (χ0n) is 13.9. The SMILES string of the molecule is CCOc1ncccc1C(=O)OCC(=O)Nc1ccnn1C(C)C. The highest BCUT2D eigenvalue weighted by Crippen LogP contribution is 2.16. The van der Waals surface area contributed by atoms with Gasteiger partial charge in [0.1, 0.15) is 11.4 Å². The normalized spacial score (nSPS) is 10.5. The zero-order chi connectivity index (χ0) is 17.5. The van der Waals surface area contributed by atoms with Crippen LogP contribution in [0.4, 0.5) is 5.82 Å². The van der Waals surface area contributed by atoms with Gasteiger partial charge >= 0.3 is 5.97 Å². The summed E-state index contributed by atoms with van der Waals surface area (Å²) in [5.41, 5.74) is 0.180. The molecule has 8 nitrogen and oxygen atoms in total. The number of pyridine rings is 1. The third-order valence-corrected chi connectivity index (χ3v) is 3.03. The van der Waals surface area contributed by atoms with Gasteiger partial charge in [-0.3, -0.25) is 4.79 Å².